The minimum atomic E-state index is -4.51. The highest BCUT2D eigenvalue weighted by Crippen LogP contribution is 2.35. The second-order valence-electron chi connectivity index (χ2n) is 6.91. The van der Waals surface area contributed by atoms with Gasteiger partial charge in [0.15, 0.2) is 0 Å². The lowest BCUT2D eigenvalue weighted by molar-refractivity contribution is -0.137. The number of carbonyl (C=O) groups excluding carboxylic acids is 1. The van der Waals surface area contributed by atoms with E-state index in [-0.39, 0.29) is 24.4 Å². The molecule has 31 heavy (non-hydrogen) atoms. The number of hydrogen-bond acceptors (Lipinski definition) is 6. The van der Waals surface area contributed by atoms with E-state index in [9.17, 15) is 18.0 Å². The summed E-state index contributed by atoms with van der Waals surface area (Å²) in [7, 11) is 4.92. The zero-order chi connectivity index (χ0) is 22.6. The fourth-order valence-electron chi connectivity index (χ4n) is 2.85. The topological polar surface area (TPSA) is 80.5 Å². The van der Waals surface area contributed by atoms with Gasteiger partial charge < -0.3 is 19.5 Å². The molecule has 164 valence electrons. The fourth-order valence-corrected chi connectivity index (χ4v) is 2.85. The van der Waals surface area contributed by atoms with Crippen LogP contribution in [0.25, 0.3) is 11.4 Å². The lowest BCUT2D eigenvalue weighted by atomic mass is 10.1. The van der Waals surface area contributed by atoms with Crippen molar-refractivity contribution in [2.75, 3.05) is 31.4 Å². The molecule has 0 unspecified atom stereocenters. The van der Waals surface area contributed by atoms with Gasteiger partial charge in [-0.2, -0.15) is 18.2 Å². The summed E-state index contributed by atoms with van der Waals surface area (Å²) < 4.78 is 49.4. The van der Waals surface area contributed by atoms with Gasteiger partial charge in [0.25, 0.3) is 0 Å². The van der Waals surface area contributed by atoms with Crippen LogP contribution in [-0.2, 0) is 17.4 Å². The Labute approximate surface area is 176 Å². The molecule has 3 aromatic rings. The molecule has 0 spiro atoms. The van der Waals surface area contributed by atoms with Crippen molar-refractivity contribution in [1.82, 2.24) is 10.1 Å². The third-order valence-electron chi connectivity index (χ3n) is 4.46. The third kappa shape index (κ3) is 5.53. The molecule has 0 atom stereocenters. The lowest BCUT2D eigenvalue weighted by Crippen LogP contribution is -2.18. The van der Waals surface area contributed by atoms with Gasteiger partial charge in [-0.25, -0.2) is 0 Å². The molecule has 1 heterocycles. The fraction of sp³-hybridized carbons (Fsp3) is 0.286. The van der Waals surface area contributed by atoms with Crippen LogP contribution in [-0.4, -0.2) is 37.3 Å². The van der Waals surface area contributed by atoms with E-state index in [4.69, 9.17) is 9.26 Å². The third-order valence-corrected chi connectivity index (χ3v) is 4.46. The Hall–Kier alpha value is -3.56. The van der Waals surface area contributed by atoms with Crippen LogP contribution in [0.5, 0.6) is 5.75 Å². The molecule has 1 aromatic heterocycles. The Morgan fingerprint density at radius 2 is 1.87 bits per heavy atom. The molecule has 3 rings (SSSR count). The molecule has 2 aromatic carbocycles. The maximum Gasteiger partial charge on any atom is 0.416 e. The highest BCUT2D eigenvalue weighted by atomic mass is 19.4. The van der Waals surface area contributed by atoms with Crippen LogP contribution < -0.4 is 15.0 Å². The van der Waals surface area contributed by atoms with Gasteiger partial charge >= 0.3 is 6.18 Å². The molecule has 0 bridgehead atoms. The molecule has 0 saturated carbocycles. The smallest absolute Gasteiger partial charge is 0.416 e. The molecule has 0 aliphatic rings. The summed E-state index contributed by atoms with van der Waals surface area (Å²) in [4.78, 5) is 18.2. The van der Waals surface area contributed by atoms with Crippen molar-refractivity contribution >= 4 is 17.3 Å². The number of alkyl halides is 3. The Bertz CT molecular complexity index is 1050. The predicted molar refractivity (Wildman–Crippen MR) is 109 cm³/mol. The second-order valence-corrected chi connectivity index (χ2v) is 6.91. The minimum Gasteiger partial charge on any atom is -0.497 e. The molecule has 0 fully saturated rings. The zero-order valence-corrected chi connectivity index (χ0v) is 17.2. The number of hydrogen-bond donors (Lipinski definition) is 1. The average molecular weight is 434 g/mol. The maximum atomic E-state index is 13.0. The first-order chi connectivity index (χ1) is 14.7. The Morgan fingerprint density at radius 3 is 2.48 bits per heavy atom. The molecule has 0 aliphatic carbocycles. The van der Waals surface area contributed by atoms with Crippen LogP contribution in [0.3, 0.4) is 0 Å². The van der Waals surface area contributed by atoms with E-state index in [0.29, 0.717) is 17.3 Å². The molecular formula is C21H21F3N4O3. The number of carbonyl (C=O) groups is 1. The molecule has 7 nitrogen and oxygen atoms in total. The molecular weight excluding hydrogens is 413 g/mol. The van der Waals surface area contributed by atoms with Gasteiger partial charge in [-0.1, -0.05) is 5.16 Å². The molecule has 1 N–H and O–H groups in total. The van der Waals surface area contributed by atoms with Gasteiger partial charge in [-0.15, -0.1) is 0 Å². The first kappa shape index (κ1) is 22.1. The van der Waals surface area contributed by atoms with Gasteiger partial charge in [-0.3, -0.25) is 4.79 Å². The van der Waals surface area contributed by atoms with E-state index in [1.54, 1.807) is 50.4 Å². The van der Waals surface area contributed by atoms with Crippen LogP contribution in [0.4, 0.5) is 24.5 Å². The van der Waals surface area contributed by atoms with Gasteiger partial charge in [0, 0.05) is 32.5 Å². The Morgan fingerprint density at radius 1 is 1.16 bits per heavy atom. The van der Waals surface area contributed by atoms with E-state index in [2.05, 4.69) is 15.5 Å². The van der Waals surface area contributed by atoms with Gasteiger partial charge in [0.05, 0.1) is 24.0 Å². The highest BCUT2D eigenvalue weighted by molar-refractivity contribution is 5.94. The van der Waals surface area contributed by atoms with Crippen molar-refractivity contribution < 1.29 is 27.2 Å². The highest BCUT2D eigenvalue weighted by Gasteiger charge is 2.31. The number of aromatic nitrogens is 2. The number of halogens is 3. The molecule has 10 heteroatoms. The summed E-state index contributed by atoms with van der Waals surface area (Å²) >= 11 is 0. The van der Waals surface area contributed by atoms with Crippen molar-refractivity contribution in [3.63, 3.8) is 0 Å². The number of nitrogens with zero attached hydrogens (tertiary/aromatic N) is 3. The van der Waals surface area contributed by atoms with E-state index in [1.165, 1.54) is 6.07 Å². The summed E-state index contributed by atoms with van der Waals surface area (Å²) in [6.45, 7) is 0. The molecule has 1 amide bonds. The average Bonchev–Trinajstić information content (AvgIpc) is 3.20. The number of amides is 1. The largest absolute Gasteiger partial charge is 0.497 e. The number of nitrogens with one attached hydrogen (secondary N) is 1. The Kier molecular flexibility index (Phi) is 6.47. The second kappa shape index (κ2) is 9.07. The lowest BCUT2D eigenvalue weighted by Gasteiger charge is -2.19. The van der Waals surface area contributed by atoms with Crippen molar-refractivity contribution in [3.05, 3.63) is 53.9 Å². The van der Waals surface area contributed by atoms with E-state index in [0.717, 1.165) is 17.7 Å². The van der Waals surface area contributed by atoms with Crippen molar-refractivity contribution in [2.24, 2.45) is 0 Å². The van der Waals surface area contributed by atoms with Crippen molar-refractivity contribution in [1.29, 1.82) is 0 Å². The van der Waals surface area contributed by atoms with E-state index in [1.807, 2.05) is 0 Å². The summed E-state index contributed by atoms with van der Waals surface area (Å²) in [5.41, 5.74) is 0.421. The Balaban J connectivity index is 1.66. The maximum absolute atomic E-state index is 13.0. The number of anilines is 2. The number of aryl methyl sites for hydroxylation is 1. The van der Waals surface area contributed by atoms with Crippen molar-refractivity contribution in [3.8, 4) is 17.1 Å². The molecule has 0 saturated heterocycles. The molecule has 0 aliphatic heterocycles. The van der Waals surface area contributed by atoms with Gasteiger partial charge in [0.1, 0.15) is 5.75 Å². The minimum absolute atomic E-state index is 0.0344. The van der Waals surface area contributed by atoms with Crippen molar-refractivity contribution in [2.45, 2.75) is 19.0 Å². The van der Waals surface area contributed by atoms with Crippen LogP contribution >= 0.6 is 0 Å². The number of methoxy groups -OCH3 is 1. The summed E-state index contributed by atoms with van der Waals surface area (Å²) in [5.74, 6) is 0.839. The van der Waals surface area contributed by atoms with Gasteiger partial charge in [0.2, 0.25) is 17.6 Å². The van der Waals surface area contributed by atoms with Crippen LogP contribution in [0.1, 0.15) is 17.9 Å². The molecule has 0 radical (unpaired) electrons. The monoisotopic (exact) mass is 434 g/mol. The number of benzene rings is 2. The van der Waals surface area contributed by atoms with Gasteiger partial charge in [-0.05, 0) is 42.5 Å². The standard InChI is InChI=1S/C21H21F3N4O3/c1-28(2)17-9-6-14(21(22,23)24)12-16(17)25-18(29)10-11-19-26-20(27-31-19)13-4-7-15(30-3)8-5-13/h4-9,12H,10-11H2,1-3H3,(H,25,29). The predicted octanol–water partition coefficient (Wildman–Crippen LogP) is 4.40. The quantitative estimate of drug-likeness (QED) is 0.594. The van der Waals surface area contributed by atoms with Crippen LogP contribution in [0.2, 0.25) is 0 Å². The van der Waals surface area contributed by atoms with Crippen LogP contribution in [0.15, 0.2) is 47.0 Å². The summed E-state index contributed by atoms with van der Waals surface area (Å²) in [5, 5.41) is 6.43. The van der Waals surface area contributed by atoms with E-state index < -0.39 is 17.6 Å². The van der Waals surface area contributed by atoms with E-state index >= 15 is 0 Å². The first-order valence-electron chi connectivity index (χ1n) is 9.33. The SMILES string of the molecule is COc1ccc(-c2noc(CCC(=O)Nc3cc(C(F)(F)F)ccc3N(C)C)n2)cc1. The normalized spacial score (nSPS) is 11.3. The number of rotatable bonds is 7. The first-order valence-corrected chi connectivity index (χ1v) is 9.33. The van der Waals surface area contributed by atoms with Crippen LogP contribution in [0, 0.1) is 0 Å². The summed E-state index contributed by atoms with van der Waals surface area (Å²) in [6, 6.07) is 10.3. The summed E-state index contributed by atoms with van der Waals surface area (Å²) in [6.07, 6.45) is -4.40. The number of ether oxygens (including phenoxy) is 1. The zero-order valence-electron chi connectivity index (χ0n) is 17.2.